The molecule has 0 aromatic heterocycles. The molecule has 18 heavy (non-hydrogen) atoms. The first-order valence-electron chi connectivity index (χ1n) is 7.79. The molecule has 106 valence electrons. The zero-order valence-corrected chi connectivity index (χ0v) is 11.8. The predicted molar refractivity (Wildman–Crippen MR) is 76.3 cm³/mol. The molecule has 3 nitrogen and oxygen atoms in total. The number of nitrogens with one attached hydrogen (secondary N) is 1. The van der Waals surface area contributed by atoms with E-state index in [-0.39, 0.29) is 5.91 Å². The lowest BCUT2D eigenvalue weighted by Crippen LogP contribution is -2.24. The van der Waals surface area contributed by atoms with Crippen LogP contribution < -0.4 is 11.1 Å². The van der Waals surface area contributed by atoms with Gasteiger partial charge >= 0.3 is 0 Å². The van der Waals surface area contributed by atoms with Gasteiger partial charge in [0.15, 0.2) is 0 Å². The van der Waals surface area contributed by atoms with E-state index in [0.717, 1.165) is 51.1 Å². The van der Waals surface area contributed by atoms with Crippen LogP contribution in [0.4, 0.5) is 0 Å². The molecule has 1 fully saturated rings. The summed E-state index contributed by atoms with van der Waals surface area (Å²) in [5.41, 5.74) is 5.42. The molecule has 1 rings (SSSR count). The van der Waals surface area contributed by atoms with Crippen LogP contribution in [0.25, 0.3) is 0 Å². The molecule has 0 bridgehead atoms. The number of carbonyl (C=O) groups is 1. The minimum absolute atomic E-state index is 0.231. The van der Waals surface area contributed by atoms with Crippen LogP contribution in [0.3, 0.4) is 0 Å². The SMILES string of the molecule is NCCCCCCC(=O)NCCCC1CCCC1. The third-order valence-corrected chi connectivity index (χ3v) is 3.94. The van der Waals surface area contributed by atoms with Gasteiger partial charge in [0.1, 0.15) is 0 Å². The Kier molecular flexibility index (Phi) is 8.92. The number of unbranched alkanes of at least 4 members (excludes halogenated alkanes) is 3. The molecule has 0 saturated heterocycles. The van der Waals surface area contributed by atoms with Crippen molar-refractivity contribution < 1.29 is 4.79 Å². The van der Waals surface area contributed by atoms with Gasteiger partial charge < -0.3 is 11.1 Å². The molecule has 0 spiro atoms. The second kappa shape index (κ2) is 10.4. The van der Waals surface area contributed by atoms with Crippen molar-refractivity contribution in [2.24, 2.45) is 11.7 Å². The Balaban J connectivity index is 1.84. The summed E-state index contributed by atoms with van der Waals surface area (Å²) >= 11 is 0. The fourth-order valence-corrected chi connectivity index (χ4v) is 2.79. The molecular weight excluding hydrogens is 224 g/mol. The summed E-state index contributed by atoms with van der Waals surface area (Å²) in [6.07, 6.45) is 13.2. The van der Waals surface area contributed by atoms with Gasteiger partial charge in [-0.1, -0.05) is 38.5 Å². The van der Waals surface area contributed by atoms with Gasteiger partial charge in [-0.2, -0.15) is 0 Å². The summed E-state index contributed by atoms with van der Waals surface area (Å²) < 4.78 is 0. The van der Waals surface area contributed by atoms with E-state index in [1.165, 1.54) is 32.1 Å². The van der Waals surface area contributed by atoms with E-state index in [0.29, 0.717) is 6.42 Å². The summed E-state index contributed by atoms with van der Waals surface area (Å²) in [6.45, 7) is 1.64. The lowest BCUT2D eigenvalue weighted by molar-refractivity contribution is -0.121. The van der Waals surface area contributed by atoms with Crippen LogP contribution in [0.5, 0.6) is 0 Å². The second-order valence-electron chi connectivity index (χ2n) is 5.60. The smallest absolute Gasteiger partial charge is 0.219 e. The maximum Gasteiger partial charge on any atom is 0.219 e. The lowest BCUT2D eigenvalue weighted by Gasteiger charge is -2.09. The van der Waals surface area contributed by atoms with Gasteiger partial charge in [-0.3, -0.25) is 4.79 Å². The first kappa shape index (κ1) is 15.5. The number of carbonyl (C=O) groups excluding carboxylic acids is 1. The fourth-order valence-electron chi connectivity index (χ4n) is 2.79. The van der Waals surface area contributed by atoms with Crippen LogP contribution in [0.15, 0.2) is 0 Å². The molecule has 3 heteroatoms. The topological polar surface area (TPSA) is 55.1 Å². The van der Waals surface area contributed by atoms with Gasteiger partial charge in [-0.05, 0) is 38.1 Å². The number of rotatable bonds is 10. The first-order chi connectivity index (χ1) is 8.83. The van der Waals surface area contributed by atoms with Crippen molar-refractivity contribution >= 4 is 5.91 Å². The van der Waals surface area contributed by atoms with Crippen molar-refractivity contribution in [2.45, 2.75) is 70.6 Å². The Morgan fingerprint density at radius 3 is 2.50 bits per heavy atom. The Labute approximate surface area is 112 Å². The number of nitrogens with two attached hydrogens (primary N) is 1. The van der Waals surface area contributed by atoms with Gasteiger partial charge in [0.25, 0.3) is 0 Å². The summed E-state index contributed by atoms with van der Waals surface area (Å²) in [5, 5.41) is 3.03. The Morgan fingerprint density at radius 2 is 1.78 bits per heavy atom. The average Bonchev–Trinajstić information content (AvgIpc) is 2.87. The number of amides is 1. The van der Waals surface area contributed by atoms with Crippen molar-refractivity contribution in [2.75, 3.05) is 13.1 Å². The Hall–Kier alpha value is -0.570. The molecule has 1 amide bonds. The molecule has 0 aliphatic heterocycles. The van der Waals surface area contributed by atoms with E-state index in [1.807, 2.05) is 0 Å². The zero-order chi connectivity index (χ0) is 13.1. The highest BCUT2D eigenvalue weighted by molar-refractivity contribution is 5.75. The Morgan fingerprint density at radius 1 is 1.06 bits per heavy atom. The average molecular weight is 254 g/mol. The van der Waals surface area contributed by atoms with E-state index in [4.69, 9.17) is 5.73 Å². The van der Waals surface area contributed by atoms with Crippen molar-refractivity contribution in [3.05, 3.63) is 0 Å². The highest BCUT2D eigenvalue weighted by atomic mass is 16.1. The summed E-state index contributed by atoms with van der Waals surface area (Å²) in [7, 11) is 0. The quantitative estimate of drug-likeness (QED) is 0.589. The van der Waals surface area contributed by atoms with E-state index in [9.17, 15) is 4.79 Å². The third kappa shape index (κ3) is 7.70. The molecule has 1 aliphatic carbocycles. The molecule has 0 aromatic carbocycles. The minimum atomic E-state index is 0.231. The van der Waals surface area contributed by atoms with Crippen LogP contribution >= 0.6 is 0 Å². The van der Waals surface area contributed by atoms with Crippen molar-refractivity contribution in [1.82, 2.24) is 5.32 Å². The van der Waals surface area contributed by atoms with Crippen LogP contribution in [0.2, 0.25) is 0 Å². The summed E-state index contributed by atoms with van der Waals surface area (Å²) in [5.74, 6) is 1.17. The van der Waals surface area contributed by atoms with E-state index < -0.39 is 0 Å². The lowest BCUT2D eigenvalue weighted by atomic mass is 10.0. The zero-order valence-electron chi connectivity index (χ0n) is 11.8. The van der Waals surface area contributed by atoms with Gasteiger partial charge in [0.05, 0.1) is 0 Å². The van der Waals surface area contributed by atoms with Crippen molar-refractivity contribution in [1.29, 1.82) is 0 Å². The molecule has 0 radical (unpaired) electrons. The first-order valence-corrected chi connectivity index (χ1v) is 7.79. The minimum Gasteiger partial charge on any atom is -0.356 e. The highest BCUT2D eigenvalue weighted by Gasteiger charge is 2.14. The van der Waals surface area contributed by atoms with Crippen LogP contribution in [0.1, 0.15) is 70.6 Å². The standard InChI is InChI=1S/C15H30N2O/c16-12-6-2-1-3-11-15(18)17-13-7-10-14-8-4-5-9-14/h14H,1-13,16H2,(H,17,18). The molecule has 1 aliphatic rings. The predicted octanol–water partition coefficient (Wildman–Crippen LogP) is 2.98. The fraction of sp³-hybridized carbons (Fsp3) is 0.933. The van der Waals surface area contributed by atoms with Gasteiger partial charge in [-0.25, -0.2) is 0 Å². The molecule has 3 N–H and O–H groups in total. The van der Waals surface area contributed by atoms with E-state index >= 15 is 0 Å². The maximum atomic E-state index is 11.5. The molecule has 0 heterocycles. The second-order valence-corrected chi connectivity index (χ2v) is 5.60. The molecule has 1 saturated carbocycles. The maximum absolute atomic E-state index is 11.5. The van der Waals surface area contributed by atoms with Crippen LogP contribution in [-0.4, -0.2) is 19.0 Å². The van der Waals surface area contributed by atoms with Gasteiger partial charge in [-0.15, -0.1) is 0 Å². The molecule has 0 aromatic rings. The monoisotopic (exact) mass is 254 g/mol. The molecular formula is C15H30N2O. The van der Waals surface area contributed by atoms with E-state index in [1.54, 1.807) is 0 Å². The molecule has 0 atom stereocenters. The molecule has 0 unspecified atom stereocenters. The largest absolute Gasteiger partial charge is 0.356 e. The third-order valence-electron chi connectivity index (χ3n) is 3.94. The van der Waals surface area contributed by atoms with Crippen molar-refractivity contribution in [3.63, 3.8) is 0 Å². The number of hydrogen-bond donors (Lipinski definition) is 2. The summed E-state index contributed by atoms with van der Waals surface area (Å²) in [6, 6.07) is 0. The van der Waals surface area contributed by atoms with Crippen molar-refractivity contribution in [3.8, 4) is 0 Å². The Bertz CT molecular complexity index is 213. The van der Waals surface area contributed by atoms with Crippen LogP contribution in [0, 0.1) is 5.92 Å². The normalized spacial score (nSPS) is 16.1. The van der Waals surface area contributed by atoms with Gasteiger partial charge in [0.2, 0.25) is 5.91 Å². The van der Waals surface area contributed by atoms with Crippen LogP contribution in [-0.2, 0) is 4.79 Å². The number of hydrogen-bond acceptors (Lipinski definition) is 2. The summed E-state index contributed by atoms with van der Waals surface area (Å²) in [4.78, 5) is 11.5. The van der Waals surface area contributed by atoms with Gasteiger partial charge in [0, 0.05) is 13.0 Å². The highest BCUT2D eigenvalue weighted by Crippen LogP contribution is 2.28. The van der Waals surface area contributed by atoms with E-state index in [2.05, 4.69) is 5.32 Å².